The molecule has 1 saturated carbocycles. The summed E-state index contributed by atoms with van der Waals surface area (Å²) in [4.78, 5) is 70.3. The number of fused-ring (bicyclic) bond motifs is 3. The molecule has 0 aromatic heterocycles. The van der Waals surface area contributed by atoms with E-state index in [1.807, 2.05) is 36.4 Å². The van der Waals surface area contributed by atoms with E-state index in [0.717, 1.165) is 47.9 Å². The van der Waals surface area contributed by atoms with E-state index in [0.29, 0.717) is 0 Å². The summed E-state index contributed by atoms with van der Waals surface area (Å²) in [5.41, 5.74) is 4.37. The quantitative estimate of drug-likeness (QED) is 0.258. The number of ether oxygens (including phenoxy) is 2. The van der Waals surface area contributed by atoms with Crippen molar-refractivity contribution in [1.29, 1.82) is 0 Å². The van der Waals surface area contributed by atoms with Crippen LogP contribution in [0.25, 0.3) is 11.1 Å². The molecule has 0 radical (unpaired) electrons. The summed E-state index contributed by atoms with van der Waals surface area (Å²) in [5, 5.41) is 2.64. The summed E-state index contributed by atoms with van der Waals surface area (Å²) in [6.07, 6.45) is 3.60. The third kappa shape index (κ3) is 8.01. The summed E-state index contributed by atoms with van der Waals surface area (Å²) in [6, 6.07) is 13.0. The number of carbonyl (C=O) groups is 5. The second kappa shape index (κ2) is 15.8. The van der Waals surface area contributed by atoms with Crippen LogP contribution in [-0.4, -0.2) is 104 Å². The van der Waals surface area contributed by atoms with E-state index < -0.39 is 47.9 Å². The average molecular weight is 647 g/mol. The van der Waals surface area contributed by atoms with Crippen molar-refractivity contribution in [3.05, 3.63) is 72.3 Å². The molecule has 4 rings (SSSR count). The zero-order valence-corrected chi connectivity index (χ0v) is 27.9. The first-order chi connectivity index (χ1) is 22.5. The number of nitrogens with zero attached hydrogens (tertiary/aromatic N) is 3. The first-order valence-electron chi connectivity index (χ1n) is 16.1. The van der Waals surface area contributed by atoms with Gasteiger partial charge >= 0.3 is 12.1 Å². The van der Waals surface area contributed by atoms with Crippen LogP contribution in [0.2, 0.25) is 0 Å². The molecule has 11 heteroatoms. The Morgan fingerprint density at radius 3 is 1.98 bits per heavy atom. The van der Waals surface area contributed by atoms with Crippen molar-refractivity contribution in [2.24, 2.45) is 5.92 Å². The molecule has 1 N–H and O–H groups in total. The van der Waals surface area contributed by atoms with E-state index in [4.69, 9.17) is 9.47 Å². The Bertz CT molecular complexity index is 1440. The van der Waals surface area contributed by atoms with Crippen LogP contribution >= 0.6 is 0 Å². The lowest BCUT2D eigenvalue weighted by Crippen LogP contribution is -2.59. The van der Waals surface area contributed by atoms with Gasteiger partial charge in [0.25, 0.3) is 0 Å². The van der Waals surface area contributed by atoms with E-state index in [1.165, 1.54) is 34.9 Å². The van der Waals surface area contributed by atoms with Gasteiger partial charge < -0.3 is 29.5 Å². The Kier molecular flexibility index (Phi) is 11.8. The number of alkyl carbamates (subject to hydrolysis) is 1. The van der Waals surface area contributed by atoms with Gasteiger partial charge in [0.2, 0.25) is 17.7 Å². The van der Waals surface area contributed by atoms with E-state index in [9.17, 15) is 24.0 Å². The van der Waals surface area contributed by atoms with Gasteiger partial charge in [-0.25, -0.2) is 4.79 Å². The summed E-state index contributed by atoms with van der Waals surface area (Å²) in [5.74, 6) is -2.30. The maximum Gasteiger partial charge on any atom is 0.407 e. The number of nitrogens with one attached hydrogen (secondary N) is 1. The second-order valence-corrected chi connectivity index (χ2v) is 12.5. The Morgan fingerprint density at radius 1 is 0.851 bits per heavy atom. The molecule has 0 aliphatic heterocycles. The van der Waals surface area contributed by atoms with Crippen LogP contribution in [0.3, 0.4) is 0 Å². The number of rotatable bonds is 13. The molecule has 2 aromatic rings. The largest absolute Gasteiger partial charge is 0.461 e. The molecule has 0 heterocycles. The molecule has 0 spiro atoms. The van der Waals surface area contributed by atoms with Crippen LogP contribution in [0.15, 0.2) is 61.2 Å². The molecule has 4 amide bonds. The SMILES string of the molecule is C=CCOC(=O)C[C@@H](C(=O)N(C)C)N(C)C(=O)C(C1CCCC1)N(C)C(=O)[C@H](C)NC(=O)OCC1c2ccccc2-c2ccccc21. The van der Waals surface area contributed by atoms with E-state index in [-0.39, 0.29) is 31.5 Å². The number of likely N-dealkylation sites (N-methyl/N-ethyl adjacent to an activating group) is 3. The summed E-state index contributed by atoms with van der Waals surface area (Å²) >= 11 is 0. The predicted octanol–water partition coefficient (Wildman–Crippen LogP) is 3.97. The number of carbonyl (C=O) groups excluding carboxylic acids is 5. The lowest BCUT2D eigenvalue weighted by atomic mass is 9.94. The van der Waals surface area contributed by atoms with Gasteiger partial charge in [-0.1, -0.05) is 74.0 Å². The smallest absolute Gasteiger partial charge is 0.407 e. The Hall–Kier alpha value is -4.67. The van der Waals surface area contributed by atoms with Crippen LogP contribution in [0.1, 0.15) is 56.1 Å². The number of hydrogen-bond donors (Lipinski definition) is 1. The number of hydrogen-bond acceptors (Lipinski definition) is 7. The zero-order valence-electron chi connectivity index (χ0n) is 27.9. The third-order valence-corrected chi connectivity index (χ3v) is 9.18. The average Bonchev–Trinajstić information content (AvgIpc) is 3.70. The van der Waals surface area contributed by atoms with E-state index in [1.54, 1.807) is 21.0 Å². The molecular formula is C36H46N4O7. The van der Waals surface area contributed by atoms with Crippen LogP contribution in [0, 0.1) is 5.92 Å². The topological polar surface area (TPSA) is 126 Å². The first-order valence-corrected chi connectivity index (χ1v) is 16.1. The zero-order chi connectivity index (χ0) is 34.2. The molecule has 1 unspecified atom stereocenters. The minimum absolute atomic E-state index is 0.0180. The molecular weight excluding hydrogens is 600 g/mol. The maximum absolute atomic E-state index is 14.1. The molecule has 11 nitrogen and oxygen atoms in total. The highest BCUT2D eigenvalue weighted by atomic mass is 16.5. The van der Waals surface area contributed by atoms with Crippen LogP contribution in [-0.2, 0) is 28.7 Å². The van der Waals surface area contributed by atoms with E-state index >= 15 is 0 Å². The molecule has 0 bridgehead atoms. The van der Waals surface area contributed by atoms with Crippen LogP contribution < -0.4 is 5.32 Å². The van der Waals surface area contributed by atoms with Crippen molar-refractivity contribution in [2.45, 2.75) is 63.1 Å². The molecule has 3 atom stereocenters. The number of amides is 4. The third-order valence-electron chi connectivity index (χ3n) is 9.18. The fourth-order valence-electron chi connectivity index (χ4n) is 6.70. The van der Waals surface area contributed by atoms with Crippen molar-refractivity contribution in [1.82, 2.24) is 20.0 Å². The monoisotopic (exact) mass is 646 g/mol. The molecule has 2 aliphatic carbocycles. The van der Waals surface area contributed by atoms with Crippen molar-refractivity contribution in [3.63, 3.8) is 0 Å². The second-order valence-electron chi connectivity index (χ2n) is 12.5. The minimum Gasteiger partial charge on any atom is -0.461 e. The molecule has 2 aromatic carbocycles. The molecule has 252 valence electrons. The highest BCUT2D eigenvalue weighted by Gasteiger charge is 2.42. The van der Waals surface area contributed by atoms with Gasteiger partial charge in [-0.3, -0.25) is 19.2 Å². The Balaban J connectivity index is 1.44. The van der Waals surface area contributed by atoms with Gasteiger partial charge in [-0.2, -0.15) is 0 Å². The minimum atomic E-state index is -1.13. The van der Waals surface area contributed by atoms with Crippen molar-refractivity contribution in [2.75, 3.05) is 41.4 Å². The highest BCUT2D eigenvalue weighted by molar-refractivity contribution is 5.95. The number of esters is 1. The van der Waals surface area contributed by atoms with Gasteiger partial charge in [-0.15, -0.1) is 0 Å². The normalized spacial score (nSPS) is 15.8. The predicted molar refractivity (Wildman–Crippen MR) is 177 cm³/mol. The Labute approximate surface area is 276 Å². The fourth-order valence-corrected chi connectivity index (χ4v) is 6.70. The summed E-state index contributed by atoms with van der Waals surface area (Å²) < 4.78 is 10.7. The molecule has 47 heavy (non-hydrogen) atoms. The fraction of sp³-hybridized carbons (Fsp3) is 0.472. The van der Waals surface area contributed by atoms with Crippen molar-refractivity contribution in [3.8, 4) is 11.1 Å². The van der Waals surface area contributed by atoms with Crippen LogP contribution in [0.4, 0.5) is 4.79 Å². The standard InChI is InChI=1S/C36H46N4O7/c1-7-20-46-31(41)21-30(34(43)38(3)4)39(5)35(44)32(24-14-8-9-15-24)40(6)33(42)23(2)37-36(45)47-22-29-27-18-12-10-16-25(27)26-17-11-13-19-28(26)29/h7,10-13,16-19,23-24,29-30,32H,1,8-9,14-15,20-22H2,2-6H3,(H,37,45)/t23-,30-,32?/m0/s1. The molecule has 2 aliphatic rings. The highest BCUT2D eigenvalue weighted by Crippen LogP contribution is 2.44. The van der Waals surface area contributed by atoms with Crippen LogP contribution in [0.5, 0.6) is 0 Å². The maximum atomic E-state index is 14.1. The van der Waals surface area contributed by atoms with Gasteiger partial charge in [0.1, 0.15) is 31.3 Å². The van der Waals surface area contributed by atoms with Gasteiger partial charge in [-0.05, 0) is 47.9 Å². The Morgan fingerprint density at radius 2 is 1.43 bits per heavy atom. The van der Waals surface area contributed by atoms with E-state index in [2.05, 4.69) is 24.0 Å². The van der Waals surface area contributed by atoms with Gasteiger partial charge in [0, 0.05) is 34.1 Å². The van der Waals surface area contributed by atoms with Gasteiger partial charge in [0.05, 0.1) is 6.42 Å². The van der Waals surface area contributed by atoms with Gasteiger partial charge in [0.15, 0.2) is 0 Å². The molecule has 0 saturated heterocycles. The lowest BCUT2D eigenvalue weighted by Gasteiger charge is -2.38. The number of benzene rings is 2. The summed E-state index contributed by atoms with van der Waals surface area (Å²) in [7, 11) is 6.09. The van der Waals surface area contributed by atoms with Crippen molar-refractivity contribution < 1.29 is 33.4 Å². The van der Waals surface area contributed by atoms with Crippen molar-refractivity contribution >= 4 is 29.8 Å². The lowest BCUT2D eigenvalue weighted by molar-refractivity contribution is -0.155. The first kappa shape index (κ1) is 35.2. The summed E-state index contributed by atoms with van der Waals surface area (Å²) in [6.45, 7) is 5.16. The molecule has 1 fully saturated rings.